The van der Waals surface area contributed by atoms with Crippen LogP contribution in [0.15, 0.2) is 54.7 Å². The van der Waals surface area contributed by atoms with Crippen molar-refractivity contribution in [2.24, 2.45) is 7.05 Å². The van der Waals surface area contributed by atoms with Gasteiger partial charge in [-0.2, -0.15) is 0 Å². The van der Waals surface area contributed by atoms with Gasteiger partial charge in [0.1, 0.15) is 0 Å². The molecular weight excluding hydrogens is 234 g/mol. The predicted molar refractivity (Wildman–Crippen MR) is 79.1 cm³/mol. The van der Waals surface area contributed by atoms with Gasteiger partial charge >= 0.3 is 0 Å². The van der Waals surface area contributed by atoms with E-state index in [1.165, 1.54) is 27.6 Å². The van der Waals surface area contributed by atoms with Gasteiger partial charge in [-0.05, 0) is 35.2 Å². The number of hydrogen-bond acceptors (Lipinski definition) is 1. The molecule has 19 heavy (non-hydrogen) atoms. The van der Waals surface area contributed by atoms with Crippen LogP contribution in [0.3, 0.4) is 0 Å². The Labute approximate surface area is 112 Å². The van der Waals surface area contributed by atoms with Crippen LogP contribution < -0.4 is 0 Å². The van der Waals surface area contributed by atoms with Crippen molar-refractivity contribution in [3.63, 3.8) is 0 Å². The zero-order chi connectivity index (χ0) is 13.2. The molecule has 2 heteroatoms. The van der Waals surface area contributed by atoms with Gasteiger partial charge in [0.25, 0.3) is 0 Å². The summed E-state index contributed by atoms with van der Waals surface area (Å²) < 4.78 is 2.12. The van der Waals surface area contributed by atoms with Gasteiger partial charge < -0.3 is 9.67 Å². The Bertz CT molecular complexity index is 698. The van der Waals surface area contributed by atoms with Crippen molar-refractivity contribution < 1.29 is 5.11 Å². The van der Waals surface area contributed by atoms with Gasteiger partial charge in [0.05, 0.1) is 0 Å². The minimum atomic E-state index is 0.189. The summed E-state index contributed by atoms with van der Waals surface area (Å²) in [7, 11) is 2.05. The molecule has 0 unspecified atom stereocenters. The quantitative estimate of drug-likeness (QED) is 0.758. The lowest BCUT2D eigenvalue weighted by Crippen LogP contribution is -1.88. The van der Waals surface area contributed by atoms with Crippen molar-refractivity contribution in [3.8, 4) is 11.1 Å². The molecule has 1 heterocycles. The standard InChI is InChI=1S/C17H17NO/c1-18-12-15(9-10-19)16-11-14(7-8-17(16)18)13-5-3-2-4-6-13/h2-8,11-12,19H,9-10H2,1H3. The van der Waals surface area contributed by atoms with Crippen LogP contribution in [0.5, 0.6) is 0 Å². The number of aromatic nitrogens is 1. The smallest absolute Gasteiger partial charge is 0.0480 e. The maximum Gasteiger partial charge on any atom is 0.0480 e. The molecule has 0 aliphatic heterocycles. The average Bonchev–Trinajstić information content (AvgIpc) is 2.77. The van der Waals surface area contributed by atoms with E-state index < -0.39 is 0 Å². The van der Waals surface area contributed by atoms with E-state index in [-0.39, 0.29) is 6.61 Å². The Morgan fingerprint density at radius 2 is 1.79 bits per heavy atom. The van der Waals surface area contributed by atoms with Gasteiger partial charge in [-0.15, -0.1) is 0 Å². The van der Waals surface area contributed by atoms with Gasteiger partial charge in [0.15, 0.2) is 0 Å². The highest BCUT2D eigenvalue weighted by atomic mass is 16.2. The second kappa shape index (κ2) is 4.90. The number of fused-ring (bicyclic) bond motifs is 1. The molecule has 0 aliphatic rings. The molecule has 2 nitrogen and oxygen atoms in total. The van der Waals surface area contributed by atoms with E-state index in [2.05, 4.69) is 53.2 Å². The van der Waals surface area contributed by atoms with E-state index in [1.54, 1.807) is 0 Å². The molecule has 3 rings (SSSR count). The summed E-state index contributed by atoms with van der Waals surface area (Å²) in [6, 6.07) is 16.9. The van der Waals surface area contributed by atoms with Crippen LogP contribution in [0.25, 0.3) is 22.0 Å². The monoisotopic (exact) mass is 251 g/mol. The Morgan fingerprint density at radius 1 is 1.00 bits per heavy atom. The van der Waals surface area contributed by atoms with Crippen molar-refractivity contribution in [1.29, 1.82) is 0 Å². The third-order valence-corrected chi connectivity index (χ3v) is 3.56. The molecule has 96 valence electrons. The Kier molecular flexibility index (Phi) is 3.10. The first kappa shape index (κ1) is 12.0. The Hall–Kier alpha value is -2.06. The van der Waals surface area contributed by atoms with Crippen molar-refractivity contribution in [2.75, 3.05) is 6.61 Å². The molecule has 1 N–H and O–H groups in total. The number of nitrogens with zero attached hydrogens (tertiary/aromatic N) is 1. The van der Waals surface area contributed by atoms with Crippen molar-refractivity contribution >= 4 is 10.9 Å². The summed E-state index contributed by atoms with van der Waals surface area (Å²) in [5.41, 5.74) is 4.86. The zero-order valence-corrected chi connectivity index (χ0v) is 11.0. The molecule has 3 aromatic rings. The SMILES string of the molecule is Cn1cc(CCO)c2cc(-c3ccccc3)ccc21. The fraction of sp³-hybridized carbons (Fsp3) is 0.176. The fourth-order valence-corrected chi connectivity index (χ4v) is 2.60. The van der Waals surface area contributed by atoms with E-state index in [9.17, 15) is 0 Å². The lowest BCUT2D eigenvalue weighted by atomic mass is 10.0. The molecular formula is C17H17NO. The van der Waals surface area contributed by atoms with E-state index in [4.69, 9.17) is 5.11 Å². The second-order valence-corrected chi connectivity index (χ2v) is 4.84. The number of aliphatic hydroxyl groups excluding tert-OH is 1. The van der Waals surface area contributed by atoms with Crippen LogP contribution in [0.1, 0.15) is 5.56 Å². The highest BCUT2D eigenvalue weighted by Gasteiger charge is 2.07. The highest BCUT2D eigenvalue weighted by Crippen LogP contribution is 2.27. The minimum absolute atomic E-state index is 0.189. The summed E-state index contributed by atoms with van der Waals surface area (Å²) in [6.45, 7) is 0.189. The van der Waals surface area contributed by atoms with E-state index in [0.29, 0.717) is 6.42 Å². The Balaban J connectivity index is 2.17. The molecule has 2 aromatic carbocycles. The summed E-state index contributed by atoms with van der Waals surface area (Å²) in [5, 5.41) is 10.4. The first-order valence-corrected chi connectivity index (χ1v) is 6.54. The summed E-state index contributed by atoms with van der Waals surface area (Å²) in [4.78, 5) is 0. The Morgan fingerprint density at radius 3 is 2.53 bits per heavy atom. The maximum atomic E-state index is 9.17. The maximum absolute atomic E-state index is 9.17. The molecule has 0 spiro atoms. The number of rotatable bonds is 3. The van der Waals surface area contributed by atoms with Crippen LogP contribution in [-0.2, 0) is 13.5 Å². The van der Waals surface area contributed by atoms with Gasteiger partial charge in [0.2, 0.25) is 0 Å². The number of benzene rings is 2. The summed E-state index contributed by atoms with van der Waals surface area (Å²) in [6.07, 6.45) is 2.81. The van der Waals surface area contributed by atoms with Crippen molar-refractivity contribution in [1.82, 2.24) is 4.57 Å². The number of hydrogen-bond donors (Lipinski definition) is 1. The third kappa shape index (κ3) is 2.15. The zero-order valence-electron chi connectivity index (χ0n) is 11.0. The highest BCUT2D eigenvalue weighted by molar-refractivity contribution is 5.88. The van der Waals surface area contributed by atoms with Gasteiger partial charge in [0, 0.05) is 30.8 Å². The molecule has 0 aliphatic carbocycles. The van der Waals surface area contributed by atoms with Crippen LogP contribution in [-0.4, -0.2) is 16.3 Å². The molecule has 0 atom stereocenters. The molecule has 0 saturated carbocycles. The van der Waals surface area contributed by atoms with E-state index in [1.807, 2.05) is 13.1 Å². The van der Waals surface area contributed by atoms with Crippen LogP contribution >= 0.6 is 0 Å². The summed E-state index contributed by atoms with van der Waals surface area (Å²) in [5.74, 6) is 0. The van der Waals surface area contributed by atoms with Crippen LogP contribution in [0.4, 0.5) is 0 Å². The topological polar surface area (TPSA) is 25.2 Å². The largest absolute Gasteiger partial charge is 0.396 e. The molecule has 0 bridgehead atoms. The molecule has 0 radical (unpaired) electrons. The van der Waals surface area contributed by atoms with Crippen LogP contribution in [0, 0.1) is 0 Å². The number of aliphatic hydroxyl groups is 1. The normalized spacial score (nSPS) is 11.1. The van der Waals surface area contributed by atoms with Gasteiger partial charge in [-0.1, -0.05) is 36.4 Å². The first-order chi connectivity index (χ1) is 9.29. The molecule has 0 fully saturated rings. The van der Waals surface area contributed by atoms with E-state index >= 15 is 0 Å². The predicted octanol–water partition coefficient (Wildman–Crippen LogP) is 3.38. The molecule has 0 saturated heterocycles. The van der Waals surface area contributed by atoms with E-state index in [0.717, 1.165) is 0 Å². The third-order valence-electron chi connectivity index (χ3n) is 3.56. The summed E-state index contributed by atoms with van der Waals surface area (Å²) >= 11 is 0. The molecule has 1 aromatic heterocycles. The van der Waals surface area contributed by atoms with Crippen molar-refractivity contribution in [2.45, 2.75) is 6.42 Å². The van der Waals surface area contributed by atoms with Crippen LogP contribution in [0.2, 0.25) is 0 Å². The fourth-order valence-electron chi connectivity index (χ4n) is 2.60. The second-order valence-electron chi connectivity index (χ2n) is 4.84. The van der Waals surface area contributed by atoms with Gasteiger partial charge in [-0.25, -0.2) is 0 Å². The van der Waals surface area contributed by atoms with Gasteiger partial charge in [-0.3, -0.25) is 0 Å². The molecule has 0 amide bonds. The lowest BCUT2D eigenvalue weighted by molar-refractivity contribution is 0.300. The first-order valence-electron chi connectivity index (χ1n) is 6.54. The van der Waals surface area contributed by atoms with Crippen molar-refractivity contribution in [3.05, 3.63) is 60.3 Å². The minimum Gasteiger partial charge on any atom is -0.396 e. The average molecular weight is 251 g/mol. The lowest BCUT2D eigenvalue weighted by Gasteiger charge is -2.03. The number of aryl methyl sites for hydroxylation is 1.